The van der Waals surface area contributed by atoms with Crippen LogP contribution in [0.25, 0.3) is 11.0 Å². The molecule has 0 amide bonds. The molecule has 0 radical (unpaired) electrons. The van der Waals surface area contributed by atoms with Gasteiger partial charge in [-0.3, -0.25) is 0 Å². The number of halogens is 1. The second-order valence-corrected chi connectivity index (χ2v) is 8.75. The maximum atomic E-state index is 5.98. The van der Waals surface area contributed by atoms with E-state index in [1.165, 1.54) is 5.56 Å². The third-order valence-corrected chi connectivity index (χ3v) is 6.23. The fourth-order valence-corrected chi connectivity index (χ4v) is 4.06. The van der Waals surface area contributed by atoms with Gasteiger partial charge in [-0.05, 0) is 60.5 Å². The smallest absolute Gasteiger partial charge is 0.138 e. The van der Waals surface area contributed by atoms with E-state index in [0.29, 0.717) is 13.2 Å². The molecule has 34 heavy (non-hydrogen) atoms. The van der Waals surface area contributed by atoms with Crippen LogP contribution >= 0.6 is 11.6 Å². The Kier molecular flexibility index (Phi) is 8.39. The molecule has 0 bridgehead atoms. The van der Waals surface area contributed by atoms with Crippen LogP contribution in [-0.4, -0.2) is 46.1 Å². The summed E-state index contributed by atoms with van der Waals surface area (Å²) in [6, 6.07) is 14.0. The highest BCUT2D eigenvalue weighted by molar-refractivity contribution is 6.30. The SMILES string of the molecule is CCN(CC)CCCOc1cnc2[nH]cc(Cc3ccc(NCc4ccc(Cl)cc4)nc3)c2c1. The van der Waals surface area contributed by atoms with Gasteiger partial charge in [0.15, 0.2) is 0 Å². The van der Waals surface area contributed by atoms with Crippen molar-refractivity contribution in [2.75, 3.05) is 31.6 Å². The highest BCUT2D eigenvalue weighted by Gasteiger charge is 2.09. The molecule has 0 unspecified atom stereocenters. The van der Waals surface area contributed by atoms with Crippen molar-refractivity contribution in [2.45, 2.75) is 33.2 Å². The molecule has 0 aliphatic heterocycles. The van der Waals surface area contributed by atoms with Gasteiger partial charge in [0.1, 0.15) is 17.2 Å². The van der Waals surface area contributed by atoms with Crippen LogP contribution in [-0.2, 0) is 13.0 Å². The first-order chi connectivity index (χ1) is 16.6. The highest BCUT2D eigenvalue weighted by atomic mass is 35.5. The summed E-state index contributed by atoms with van der Waals surface area (Å²) in [4.78, 5) is 14.8. The molecule has 1 aromatic carbocycles. The number of fused-ring (bicyclic) bond motifs is 1. The van der Waals surface area contributed by atoms with E-state index in [4.69, 9.17) is 16.3 Å². The summed E-state index contributed by atoms with van der Waals surface area (Å²) in [5.74, 6) is 1.66. The Bertz CT molecular complexity index is 1170. The third-order valence-electron chi connectivity index (χ3n) is 5.98. The molecule has 3 heterocycles. The molecule has 7 heteroatoms. The molecular weight excluding hydrogens is 446 g/mol. The van der Waals surface area contributed by atoms with Gasteiger partial charge in [0.25, 0.3) is 0 Å². The number of anilines is 1. The molecule has 0 saturated heterocycles. The van der Waals surface area contributed by atoms with Crippen molar-refractivity contribution in [3.8, 4) is 5.75 Å². The predicted octanol–water partition coefficient (Wildman–Crippen LogP) is 5.92. The zero-order valence-electron chi connectivity index (χ0n) is 19.9. The molecule has 178 valence electrons. The Morgan fingerprint density at radius 3 is 2.53 bits per heavy atom. The van der Waals surface area contributed by atoms with Crippen LogP contribution in [0.2, 0.25) is 5.02 Å². The first-order valence-corrected chi connectivity index (χ1v) is 12.3. The maximum Gasteiger partial charge on any atom is 0.138 e. The van der Waals surface area contributed by atoms with Crippen molar-refractivity contribution in [1.82, 2.24) is 19.9 Å². The normalized spacial score (nSPS) is 11.3. The lowest BCUT2D eigenvalue weighted by atomic mass is 10.1. The van der Waals surface area contributed by atoms with Crippen LogP contribution in [0.15, 0.2) is 61.1 Å². The van der Waals surface area contributed by atoms with Gasteiger partial charge in [0.2, 0.25) is 0 Å². The van der Waals surface area contributed by atoms with Gasteiger partial charge in [-0.2, -0.15) is 0 Å². The van der Waals surface area contributed by atoms with E-state index in [1.54, 1.807) is 6.20 Å². The number of hydrogen-bond donors (Lipinski definition) is 2. The van der Waals surface area contributed by atoms with Crippen molar-refractivity contribution in [1.29, 1.82) is 0 Å². The molecule has 0 spiro atoms. The zero-order valence-corrected chi connectivity index (χ0v) is 20.6. The van der Waals surface area contributed by atoms with Gasteiger partial charge in [-0.25, -0.2) is 9.97 Å². The number of aromatic nitrogens is 3. The average molecular weight is 478 g/mol. The van der Waals surface area contributed by atoms with Crippen molar-refractivity contribution in [3.05, 3.63) is 82.8 Å². The molecule has 4 aromatic rings. The fourth-order valence-electron chi connectivity index (χ4n) is 3.93. The van der Waals surface area contributed by atoms with Crippen LogP contribution in [0.5, 0.6) is 5.75 Å². The minimum absolute atomic E-state index is 0.692. The van der Waals surface area contributed by atoms with Gasteiger partial charge < -0.3 is 19.9 Å². The number of hydrogen-bond acceptors (Lipinski definition) is 5. The molecule has 4 rings (SSSR count). The van der Waals surface area contributed by atoms with Gasteiger partial charge >= 0.3 is 0 Å². The number of aromatic amines is 1. The van der Waals surface area contributed by atoms with Crippen LogP contribution in [0.3, 0.4) is 0 Å². The lowest BCUT2D eigenvalue weighted by Crippen LogP contribution is -2.25. The fraction of sp³-hybridized carbons (Fsp3) is 0.333. The van der Waals surface area contributed by atoms with Gasteiger partial charge in [-0.15, -0.1) is 0 Å². The first kappa shape index (κ1) is 24.0. The van der Waals surface area contributed by atoms with E-state index in [9.17, 15) is 0 Å². The monoisotopic (exact) mass is 477 g/mol. The zero-order chi connectivity index (χ0) is 23.8. The summed E-state index contributed by atoms with van der Waals surface area (Å²) < 4.78 is 5.98. The predicted molar refractivity (Wildman–Crippen MR) is 140 cm³/mol. The number of pyridine rings is 2. The van der Waals surface area contributed by atoms with Gasteiger partial charge in [0.05, 0.1) is 12.8 Å². The average Bonchev–Trinajstić information content (AvgIpc) is 3.26. The largest absolute Gasteiger partial charge is 0.492 e. The summed E-state index contributed by atoms with van der Waals surface area (Å²) in [6.07, 6.45) is 7.52. The van der Waals surface area contributed by atoms with E-state index in [2.05, 4.69) is 51.1 Å². The van der Waals surface area contributed by atoms with E-state index in [0.717, 1.165) is 71.2 Å². The quantitative estimate of drug-likeness (QED) is 0.248. The summed E-state index contributed by atoms with van der Waals surface area (Å²) in [5.41, 5.74) is 4.36. The van der Waals surface area contributed by atoms with Crippen molar-refractivity contribution >= 4 is 28.5 Å². The molecule has 0 aliphatic carbocycles. The minimum atomic E-state index is 0.692. The van der Waals surface area contributed by atoms with E-state index in [-0.39, 0.29) is 0 Å². The summed E-state index contributed by atoms with van der Waals surface area (Å²) in [6.45, 7) is 8.98. The number of rotatable bonds is 12. The maximum absolute atomic E-state index is 5.98. The van der Waals surface area contributed by atoms with E-state index in [1.807, 2.05) is 42.7 Å². The highest BCUT2D eigenvalue weighted by Crippen LogP contribution is 2.24. The molecule has 0 fully saturated rings. The molecule has 0 aliphatic rings. The summed E-state index contributed by atoms with van der Waals surface area (Å²) in [7, 11) is 0. The second kappa shape index (κ2) is 11.9. The Balaban J connectivity index is 1.34. The van der Waals surface area contributed by atoms with E-state index < -0.39 is 0 Å². The summed E-state index contributed by atoms with van der Waals surface area (Å²) in [5, 5.41) is 5.18. The van der Waals surface area contributed by atoms with Crippen LogP contribution < -0.4 is 10.1 Å². The van der Waals surface area contributed by atoms with Crippen LogP contribution in [0.4, 0.5) is 5.82 Å². The van der Waals surface area contributed by atoms with Crippen LogP contribution in [0, 0.1) is 0 Å². The van der Waals surface area contributed by atoms with E-state index >= 15 is 0 Å². The second-order valence-electron chi connectivity index (χ2n) is 8.32. The van der Waals surface area contributed by atoms with Gasteiger partial charge in [0, 0.05) is 42.3 Å². The molecular formula is C27H32ClN5O. The van der Waals surface area contributed by atoms with Crippen LogP contribution in [0.1, 0.15) is 37.0 Å². The summed E-state index contributed by atoms with van der Waals surface area (Å²) >= 11 is 5.95. The molecule has 0 saturated carbocycles. The molecule has 0 atom stereocenters. The third kappa shape index (κ3) is 6.49. The Labute approximate surface area is 206 Å². The number of H-pyrrole nitrogens is 1. The molecule has 2 N–H and O–H groups in total. The Morgan fingerprint density at radius 2 is 1.79 bits per heavy atom. The first-order valence-electron chi connectivity index (χ1n) is 11.9. The topological polar surface area (TPSA) is 66.1 Å². The number of nitrogens with zero attached hydrogens (tertiary/aromatic N) is 3. The molecule has 6 nitrogen and oxygen atoms in total. The Morgan fingerprint density at radius 1 is 1.00 bits per heavy atom. The Hall–Kier alpha value is -3.09. The minimum Gasteiger partial charge on any atom is -0.492 e. The number of nitrogens with one attached hydrogen (secondary N) is 2. The lowest BCUT2D eigenvalue weighted by Gasteiger charge is -2.17. The lowest BCUT2D eigenvalue weighted by molar-refractivity contribution is 0.249. The van der Waals surface area contributed by atoms with Crippen molar-refractivity contribution in [2.24, 2.45) is 0 Å². The molecule has 3 aromatic heterocycles. The van der Waals surface area contributed by atoms with Crippen molar-refractivity contribution in [3.63, 3.8) is 0 Å². The van der Waals surface area contributed by atoms with Crippen molar-refractivity contribution < 1.29 is 4.74 Å². The number of ether oxygens (including phenoxy) is 1. The van der Waals surface area contributed by atoms with Gasteiger partial charge in [-0.1, -0.05) is 43.6 Å². The standard InChI is InChI=1S/C27H32ClN5O/c1-3-33(4-2)12-5-13-34-24-15-25-22(18-31-27(25)32-19-24)14-21-8-11-26(30-17-21)29-16-20-6-9-23(28)10-7-20/h6-11,15,17-19H,3-5,12-14,16H2,1-2H3,(H,29,30)(H,31,32). The number of benzene rings is 1.